The summed E-state index contributed by atoms with van der Waals surface area (Å²) in [6.07, 6.45) is 4.86. The first-order chi connectivity index (χ1) is 14.3. The molecule has 0 aliphatic carbocycles. The van der Waals surface area contributed by atoms with E-state index in [9.17, 15) is 5.11 Å². The Kier molecular flexibility index (Phi) is 7.00. The lowest BCUT2D eigenvalue weighted by Gasteiger charge is -2.42. The Balaban J connectivity index is 1.40. The number of likely N-dealkylation sites (tertiary alicyclic amines) is 2. The Bertz CT molecular complexity index is 831. The maximum absolute atomic E-state index is 9.40. The molecule has 0 saturated carbocycles. The topological polar surface area (TPSA) is 26.7 Å². The second kappa shape index (κ2) is 10.1. The van der Waals surface area contributed by atoms with Crippen molar-refractivity contribution in [2.75, 3.05) is 32.8 Å². The summed E-state index contributed by atoms with van der Waals surface area (Å²) < 4.78 is 0. The molecule has 2 aliphatic heterocycles. The molecule has 0 radical (unpaired) electrons. The van der Waals surface area contributed by atoms with Crippen molar-refractivity contribution < 1.29 is 5.11 Å². The van der Waals surface area contributed by atoms with E-state index >= 15 is 0 Å². The van der Waals surface area contributed by atoms with Gasteiger partial charge in [-0.05, 0) is 75.0 Å². The second-order valence-electron chi connectivity index (χ2n) is 8.47. The summed E-state index contributed by atoms with van der Waals surface area (Å²) in [5, 5.41) is 9.40. The van der Waals surface area contributed by atoms with Crippen molar-refractivity contribution in [1.29, 1.82) is 0 Å². The molecule has 2 aromatic carbocycles. The van der Waals surface area contributed by atoms with E-state index in [1.807, 2.05) is 18.2 Å². The molecule has 2 fully saturated rings. The minimum Gasteiger partial charge on any atom is -0.396 e. The predicted octanol–water partition coefficient (Wildman–Crippen LogP) is 3.76. The summed E-state index contributed by atoms with van der Waals surface area (Å²) in [7, 11) is 0. The molecule has 1 N–H and O–H groups in total. The second-order valence-corrected chi connectivity index (χ2v) is 8.47. The molecule has 1 atom stereocenters. The van der Waals surface area contributed by atoms with E-state index in [0.29, 0.717) is 18.6 Å². The molecule has 0 amide bonds. The Morgan fingerprint density at radius 2 is 1.62 bits per heavy atom. The zero-order chi connectivity index (χ0) is 19.9. The summed E-state index contributed by atoms with van der Waals surface area (Å²) >= 11 is 0. The van der Waals surface area contributed by atoms with Crippen LogP contribution in [0.4, 0.5) is 0 Å². The van der Waals surface area contributed by atoms with Crippen LogP contribution in [0.1, 0.15) is 42.4 Å². The van der Waals surface area contributed by atoms with Gasteiger partial charge in [-0.15, -0.1) is 0 Å². The first kappa shape index (κ1) is 20.2. The first-order valence-corrected chi connectivity index (χ1v) is 11.0. The molecule has 0 aromatic heterocycles. The molecule has 0 spiro atoms. The van der Waals surface area contributed by atoms with Gasteiger partial charge in [0.15, 0.2) is 0 Å². The molecule has 3 nitrogen and oxygen atoms in total. The highest BCUT2D eigenvalue weighted by molar-refractivity contribution is 5.46. The van der Waals surface area contributed by atoms with Gasteiger partial charge >= 0.3 is 0 Å². The van der Waals surface area contributed by atoms with Crippen molar-refractivity contribution in [3.8, 4) is 11.8 Å². The monoisotopic (exact) mass is 388 g/mol. The SMILES string of the molecule is OCC1CCN(C2CCCN(Cc3ccccc3C#Cc3ccccc3)C2)CC1. The standard InChI is InChI=1S/C26H32N2O/c29-21-23-14-17-28(18-15-23)26-11-6-16-27(20-26)19-25-10-5-4-9-24(25)13-12-22-7-2-1-3-8-22/h1-5,7-10,23,26,29H,6,11,14-21H2. The van der Waals surface area contributed by atoms with Crippen LogP contribution in [0, 0.1) is 17.8 Å². The fourth-order valence-electron chi connectivity index (χ4n) is 4.66. The largest absolute Gasteiger partial charge is 0.396 e. The highest BCUT2D eigenvalue weighted by Gasteiger charge is 2.28. The minimum absolute atomic E-state index is 0.353. The van der Waals surface area contributed by atoms with Gasteiger partial charge in [-0.1, -0.05) is 48.2 Å². The fraction of sp³-hybridized carbons (Fsp3) is 0.462. The molecule has 152 valence electrons. The van der Waals surface area contributed by atoms with Gasteiger partial charge in [-0.3, -0.25) is 9.80 Å². The van der Waals surface area contributed by atoms with Crippen LogP contribution in [0.3, 0.4) is 0 Å². The van der Waals surface area contributed by atoms with Gasteiger partial charge < -0.3 is 5.11 Å². The van der Waals surface area contributed by atoms with Crippen molar-refractivity contribution >= 4 is 0 Å². The fourth-order valence-corrected chi connectivity index (χ4v) is 4.66. The highest BCUT2D eigenvalue weighted by atomic mass is 16.3. The van der Waals surface area contributed by atoms with Crippen molar-refractivity contribution in [3.63, 3.8) is 0 Å². The van der Waals surface area contributed by atoms with E-state index in [0.717, 1.165) is 50.1 Å². The van der Waals surface area contributed by atoms with Crippen molar-refractivity contribution in [3.05, 3.63) is 71.3 Å². The third-order valence-corrected chi connectivity index (χ3v) is 6.43. The van der Waals surface area contributed by atoms with Gasteiger partial charge in [0, 0.05) is 36.9 Å². The molecular weight excluding hydrogens is 356 g/mol. The third kappa shape index (κ3) is 5.48. The molecule has 0 bridgehead atoms. The summed E-state index contributed by atoms with van der Waals surface area (Å²) in [4.78, 5) is 5.27. The van der Waals surface area contributed by atoms with E-state index in [1.54, 1.807) is 0 Å². The molecule has 2 heterocycles. The van der Waals surface area contributed by atoms with E-state index in [-0.39, 0.29) is 0 Å². The lowest BCUT2D eigenvalue weighted by Crippen LogP contribution is -2.50. The highest BCUT2D eigenvalue weighted by Crippen LogP contribution is 2.24. The summed E-state index contributed by atoms with van der Waals surface area (Å²) in [5.74, 6) is 7.22. The lowest BCUT2D eigenvalue weighted by atomic mass is 9.94. The number of rotatable bonds is 4. The Morgan fingerprint density at radius 3 is 2.41 bits per heavy atom. The molecule has 4 rings (SSSR count). The average molecular weight is 389 g/mol. The molecule has 29 heavy (non-hydrogen) atoms. The number of hydrogen-bond donors (Lipinski definition) is 1. The van der Waals surface area contributed by atoms with E-state index in [2.05, 4.69) is 58.0 Å². The Labute approximate surface area is 175 Å². The smallest absolute Gasteiger partial charge is 0.0460 e. The summed E-state index contributed by atoms with van der Waals surface area (Å²) in [6.45, 7) is 5.93. The van der Waals surface area contributed by atoms with Crippen LogP contribution in [0.5, 0.6) is 0 Å². The summed E-state index contributed by atoms with van der Waals surface area (Å²) in [5.41, 5.74) is 3.53. The summed E-state index contributed by atoms with van der Waals surface area (Å²) in [6, 6.07) is 19.5. The average Bonchev–Trinajstić information content (AvgIpc) is 2.79. The first-order valence-electron chi connectivity index (χ1n) is 11.0. The maximum atomic E-state index is 9.40. The van der Waals surface area contributed by atoms with Crippen LogP contribution in [0.25, 0.3) is 0 Å². The van der Waals surface area contributed by atoms with Crippen molar-refractivity contribution in [2.24, 2.45) is 5.92 Å². The predicted molar refractivity (Wildman–Crippen MR) is 119 cm³/mol. The number of nitrogens with zero attached hydrogens (tertiary/aromatic N) is 2. The van der Waals surface area contributed by atoms with E-state index in [4.69, 9.17) is 0 Å². The molecular formula is C26H32N2O. The molecule has 3 heteroatoms. The van der Waals surface area contributed by atoms with Crippen LogP contribution < -0.4 is 0 Å². The van der Waals surface area contributed by atoms with Crippen molar-refractivity contribution in [2.45, 2.75) is 38.3 Å². The minimum atomic E-state index is 0.353. The van der Waals surface area contributed by atoms with Gasteiger partial charge in [0.05, 0.1) is 0 Å². The van der Waals surface area contributed by atoms with Crippen molar-refractivity contribution in [1.82, 2.24) is 9.80 Å². The van der Waals surface area contributed by atoms with Gasteiger partial charge in [0.25, 0.3) is 0 Å². The van der Waals surface area contributed by atoms with E-state index < -0.39 is 0 Å². The van der Waals surface area contributed by atoms with Gasteiger partial charge in [-0.2, -0.15) is 0 Å². The van der Waals surface area contributed by atoms with Crippen LogP contribution >= 0.6 is 0 Å². The van der Waals surface area contributed by atoms with Gasteiger partial charge in [0.2, 0.25) is 0 Å². The number of piperidine rings is 2. The third-order valence-electron chi connectivity index (χ3n) is 6.43. The number of aliphatic hydroxyl groups is 1. The maximum Gasteiger partial charge on any atom is 0.0460 e. The number of benzene rings is 2. The van der Waals surface area contributed by atoms with E-state index in [1.165, 1.54) is 24.9 Å². The van der Waals surface area contributed by atoms with Crippen LogP contribution in [-0.2, 0) is 6.54 Å². The van der Waals surface area contributed by atoms with Crippen LogP contribution in [-0.4, -0.2) is 53.7 Å². The van der Waals surface area contributed by atoms with Crippen LogP contribution in [0.15, 0.2) is 54.6 Å². The zero-order valence-corrected chi connectivity index (χ0v) is 17.3. The lowest BCUT2D eigenvalue weighted by molar-refractivity contribution is 0.0544. The normalized spacial score (nSPS) is 21.5. The Hall–Kier alpha value is -2.12. The molecule has 2 aliphatic rings. The van der Waals surface area contributed by atoms with Gasteiger partial charge in [0.1, 0.15) is 0 Å². The zero-order valence-electron chi connectivity index (χ0n) is 17.3. The van der Waals surface area contributed by atoms with Gasteiger partial charge in [-0.25, -0.2) is 0 Å². The molecule has 2 saturated heterocycles. The number of hydrogen-bond acceptors (Lipinski definition) is 3. The Morgan fingerprint density at radius 1 is 0.862 bits per heavy atom. The number of aliphatic hydroxyl groups excluding tert-OH is 1. The molecule has 2 aromatic rings. The quantitative estimate of drug-likeness (QED) is 0.808. The molecule has 1 unspecified atom stereocenters. The van der Waals surface area contributed by atoms with Crippen LogP contribution in [0.2, 0.25) is 0 Å².